The van der Waals surface area contributed by atoms with E-state index in [0.717, 1.165) is 63.2 Å². The number of amides is 2. The highest BCUT2D eigenvalue weighted by Gasteiger charge is 2.28. The Kier molecular flexibility index (Phi) is 6.03. The zero-order chi connectivity index (χ0) is 24.7. The molecule has 1 unspecified atom stereocenters. The SMILES string of the molecule is COc1ccc(-c2nc3ccccc3c(C(=O)Nc3sc4c(c3C(N)=O)CCC(C)C4)c2C)cc1. The summed E-state index contributed by atoms with van der Waals surface area (Å²) < 4.78 is 5.28. The van der Waals surface area contributed by atoms with Crippen LogP contribution in [-0.2, 0) is 12.8 Å². The standard InChI is InChI=1S/C28H27N3O3S/c1-15-8-13-20-22(14-15)35-28(24(20)26(29)32)31-27(33)23-16(2)25(17-9-11-18(34-3)12-10-17)30-21-7-5-4-6-19(21)23/h4-7,9-12,15H,8,13-14H2,1-3H3,(H2,29,32)(H,31,33). The number of hydrogen-bond acceptors (Lipinski definition) is 5. The number of nitrogens with zero attached hydrogens (tertiary/aromatic N) is 1. The number of methoxy groups -OCH3 is 1. The lowest BCUT2D eigenvalue weighted by Crippen LogP contribution is -2.20. The van der Waals surface area contributed by atoms with Gasteiger partial charge >= 0.3 is 0 Å². The van der Waals surface area contributed by atoms with Crippen molar-refractivity contribution in [3.8, 4) is 17.0 Å². The zero-order valence-corrected chi connectivity index (χ0v) is 20.8. The molecular weight excluding hydrogens is 458 g/mol. The molecule has 1 atom stereocenters. The van der Waals surface area contributed by atoms with E-state index in [9.17, 15) is 9.59 Å². The maximum atomic E-state index is 13.8. The van der Waals surface area contributed by atoms with Crippen molar-refractivity contribution in [2.24, 2.45) is 11.7 Å². The zero-order valence-electron chi connectivity index (χ0n) is 20.0. The second-order valence-electron chi connectivity index (χ2n) is 9.08. The fourth-order valence-electron chi connectivity index (χ4n) is 4.89. The lowest BCUT2D eigenvalue weighted by atomic mass is 9.88. The van der Waals surface area contributed by atoms with Crippen LogP contribution in [0.4, 0.5) is 5.00 Å². The fourth-order valence-corrected chi connectivity index (χ4v) is 6.31. The molecule has 1 aliphatic rings. The molecular formula is C28H27N3O3S. The molecule has 0 spiro atoms. The van der Waals surface area contributed by atoms with Crippen LogP contribution in [-0.4, -0.2) is 23.9 Å². The molecule has 4 aromatic rings. The molecule has 1 aliphatic carbocycles. The Morgan fingerprint density at radius 3 is 2.57 bits per heavy atom. The van der Waals surface area contributed by atoms with Gasteiger partial charge in [0.1, 0.15) is 10.8 Å². The van der Waals surface area contributed by atoms with Crippen LogP contribution in [0.15, 0.2) is 48.5 Å². The number of para-hydroxylation sites is 1. The van der Waals surface area contributed by atoms with Crippen molar-refractivity contribution in [2.45, 2.75) is 33.1 Å². The second-order valence-corrected chi connectivity index (χ2v) is 10.2. The largest absolute Gasteiger partial charge is 0.497 e. The minimum Gasteiger partial charge on any atom is -0.497 e. The first-order chi connectivity index (χ1) is 16.9. The minimum atomic E-state index is -0.498. The van der Waals surface area contributed by atoms with Gasteiger partial charge in [0, 0.05) is 15.8 Å². The van der Waals surface area contributed by atoms with Crippen molar-refractivity contribution < 1.29 is 14.3 Å². The predicted octanol–water partition coefficient (Wildman–Crippen LogP) is 5.76. The van der Waals surface area contributed by atoms with E-state index in [0.29, 0.717) is 22.0 Å². The number of nitrogens with two attached hydrogens (primary N) is 1. The van der Waals surface area contributed by atoms with E-state index in [2.05, 4.69) is 12.2 Å². The van der Waals surface area contributed by atoms with Crippen molar-refractivity contribution in [1.29, 1.82) is 0 Å². The molecule has 0 fully saturated rings. The molecule has 7 heteroatoms. The van der Waals surface area contributed by atoms with Crippen LogP contribution < -0.4 is 15.8 Å². The monoisotopic (exact) mass is 485 g/mol. The third kappa shape index (κ3) is 4.17. The van der Waals surface area contributed by atoms with Crippen molar-refractivity contribution in [2.75, 3.05) is 12.4 Å². The molecule has 3 N–H and O–H groups in total. The third-order valence-electron chi connectivity index (χ3n) is 6.71. The van der Waals surface area contributed by atoms with E-state index in [1.54, 1.807) is 7.11 Å². The number of nitrogens with one attached hydrogen (secondary N) is 1. The first-order valence-corrected chi connectivity index (χ1v) is 12.5. The van der Waals surface area contributed by atoms with Gasteiger partial charge in [-0.05, 0) is 73.6 Å². The average Bonchev–Trinajstić information content (AvgIpc) is 3.20. The predicted molar refractivity (Wildman–Crippen MR) is 140 cm³/mol. The Balaban J connectivity index is 1.61. The summed E-state index contributed by atoms with van der Waals surface area (Å²) in [5, 5.41) is 4.34. The minimum absolute atomic E-state index is 0.273. The fraction of sp³-hybridized carbons (Fsp3) is 0.250. The molecule has 35 heavy (non-hydrogen) atoms. The van der Waals surface area contributed by atoms with E-state index in [1.165, 1.54) is 11.3 Å². The number of ether oxygens (including phenoxy) is 1. The lowest BCUT2D eigenvalue weighted by molar-refractivity contribution is 0.1000. The number of carbonyl (C=O) groups is 2. The van der Waals surface area contributed by atoms with Crippen LogP contribution >= 0.6 is 11.3 Å². The Morgan fingerprint density at radius 2 is 1.86 bits per heavy atom. The van der Waals surface area contributed by atoms with Gasteiger partial charge in [0.2, 0.25) is 0 Å². The summed E-state index contributed by atoms with van der Waals surface area (Å²) in [7, 11) is 1.63. The molecule has 2 aromatic carbocycles. The molecule has 178 valence electrons. The van der Waals surface area contributed by atoms with Gasteiger partial charge in [0.05, 0.1) is 29.4 Å². The van der Waals surface area contributed by atoms with Crippen molar-refractivity contribution in [3.63, 3.8) is 0 Å². The number of anilines is 1. The number of benzene rings is 2. The highest BCUT2D eigenvalue weighted by atomic mass is 32.1. The van der Waals surface area contributed by atoms with E-state index in [4.69, 9.17) is 15.5 Å². The molecule has 0 radical (unpaired) electrons. The molecule has 2 aromatic heterocycles. The Labute approximate surface area is 208 Å². The summed E-state index contributed by atoms with van der Waals surface area (Å²) in [6, 6.07) is 15.2. The van der Waals surface area contributed by atoms with E-state index < -0.39 is 5.91 Å². The highest BCUT2D eigenvalue weighted by Crippen LogP contribution is 2.40. The maximum absolute atomic E-state index is 13.8. The normalized spacial score (nSPS) is 15.0. The Hall–Kier alpha value is -3.71. The number of thiophene rings is 1. The highest BCUT2D eigenvalue weighted by molar-refractivity contribution is 7.17. The molecule has 0 bridgehead atoms. The molecule has 0 saturated heterocycles. The number of fused-ring (bicyclic) bond motifs is 2. The van der Waals surface area contributed by atoms with Gasteiger partial charge in [-0.25, -0.2) is 4.98 Å². The van der Waals surface area contributed by atoms with Gasteiger partial charge in [-0.15, -0.1) is 11.3 Å². The first kappa shape index (κ1) is 23.1. The van der Waals surface area contributed by atoms with Gasteiger partial charge < -0.3 is 15.8 Å². The summed E-state index contributed by atoms with van der Waals surface area (Å²) in [6.45, 7) is 4.11. The molecule has 2 amide bonds. The van der Waals surface area contributed by atoms with Crippen molar-refractivity contribution >= 4 is 39.1 Å². The van der Waals surface area contributed by atoms with E-state index in [1.807, 2.05) is 55.5 Å². The smallest absolute Gasteiger partial charge is 0.257 e. The quantitative estimate of drug-likeness (QED) is 0.376. The second kappa shape index (κ2) is 9.15. The van der Waals surface area contributed by atoms with E-state index >= 15 is 0 Å². The van der Waals surface area contributed by atoms with Gasteiger partial charge in [0.25, 0.3) is 11.8 Å². The topological polar surface area (TPSA) is 94.3 Å². The summed E-state index contributed by atoms with van der Waals surface area (Å²) in [5.41, 5.74) is 10.9. The lowest BCUT2D eigenvalue weighted by Gasteiger charge is -2.18. The molecule has 0 saturated carbocycles. The van der Waals surface area contributed by atoms with Gasteiger partial charge in [-0.3, -0.25) is 9.59 Å². The van der Waals surface area contributed by atoms with Crippen LogP contribution in [0.5, 0.6) is 5.75 Å². The molecule has 2 heterocycles. The summed E-state index contributed by atoms with van der Waals surface area (Å²) in [5.74, 6) is 0.525. The van der Waals surface area contributed by atoms with Gasteiger partial charge in [0.15, 0.2) is 0 Å². The average molecular weight is 486 g/mol. The molecule has 0 aliphatic heterocycles. The molecule has 5 rings (SSSR count). The number of primary amides is 1. The van der Waals surface area contributed by atoms with Gasteiger partial charge in [-0.2, -0.15) is 0 Å². The number of carbonyl (C=O) groups excluding carboxylic acids is 2. The summed E-state index contributed by atoms with van der Waals surface area (Å²) in [4.78, 5) is 32.2. The number of pyridine rings is 1. The first-order valence-electron chi connectivity index (χ1n) is 11.7. The Bertz CT molecular complexity index is 1460. The number of rotatable bonds is 5. The Morgan fingerprint density at radius 1 is 1.11 bits per heavy atom. The van der Waals surface area contributed by atoms with Crippen LogP contribution in [0.2, 0.25) is 0 Å². The summed E-state index contributed by atoms with van der Waals surface area (Å²) in [6.07, 6.45) is 2.71. The number of aromatic nitrogens is 1. The molecule has 6 nitrogen and oxygen atoms in total. The van der Waals surface area contributed by atoms with Crippen LogP contribution in [0.1, 0.15) is 50.1 Å². The third-order valence-corrected chi connectivity index (χ3v) is 7.88. The van der Waals surface area contributed by atoms with Crippen LogP contribution in [0.3, 0.4) is 0 Å². The van der Waals surface area contributed by atoms with Crippen molar-refractivity contribution in [1.82, 2.24) is 4.98 Å². The van der Waals surface area contributed by atoms with Crippen molar-refractivity contribution in [3.05, 3.63) is 75.7 Å². The number of hydrogen-bond donors (Lipinski definition) is 2. The van der Waals surface area contributed by atoms with E-state index in [-0.39, 0.29) is 5.91 Å². The maximum Gasteiger partial charge on any atom is 0.257 e. The van der Waals surface area contributed by atoms with Crippen LogP contribution in [0.25, 0.3) is 22.2 Å². The van der Waals surface area contributed by atoms with Gasteiger partial charge in [-0.1, -0.05) is 25.1 Å². The van der Waals surface area contributed by atoms with Crippen LogP contribution in [0, 0.1) is 12.8 Å². The summed E-state index contributed by atoms with van der Waals surface area (Å²) >= 11 is 1.47.